The third kappa shape index (κ3) is 7.24. The van der Waals surface area contributed by atoms with E-state index in [4.69, 9.17) is 0 Å². The summed E-state index contributed by atoms with van der Waals surface area (Å²) in [5.41, 5.74) is 0.878. The SMILES string of the molecule is CN=C(NCC(C)(C)C(=O)NC)NC1CCN(Cc2ccccc2)C(C)C1.I. The van der Waals surface area contributed by atoms with Crippen molar-refractivity contribution < 1.29 is 4.79 Å². The maximum Gasteiger partial charge on any atom is 0.227 e. The molecule has 7 heteroatoms. The lowest BCUT2D eigenvalue weighted by molar-refractivity contribution is -0.128. The monoisotopic (exact) mass is 501 g/mol. The van der Waals surface area contributed by atoms with E-state index in [0.717, 1.165) is 31.9 Å². The quantitative estimate of drug-likeness (QED) is 0.319. The van der Waals surface area contributed by atoms with E-state index in [1.54, 1.807) is 14.1 Å². The molecule has 28 heavy (non-hydrogen) atoms. The maximum atomic E-state index is 11.9. The fraction of sp³-hybridized carbons (Fsp3) is 0.619. The van der Waals surface area contributed by atoms with Gasteiger partial charge in [0, 0.05) is 45.8 Å². The van der Waals surface area contributed by atoms with Crippen molar-refractivity contribution in [1.82, 2.24) is 20.9 Å². The molecule has 0 aliphatic carbocycles. The summed E-state index contributed by atoms with van der Waals surface area (Å²) in [7, 11) is 3.44. The topological polar surface area (TPSA) is 68.8 Å². The minimum atomic E-state index is -0.487. The molecule has 0 saturated carbocycles. The number of hydrogen-bond donors (Lipinski definition) is 3. The van der Waals surface area contributed by atoms with Crippen molar-refractivity contribution in [2.75, 3.05) is 27.2 Å². The number of benzene rings is 1. The number of likely N-dealkylation sites (tertiary alicyclic amines) is 1. The number of aliphatic imine (C=N–C) groups is 1. The molecule has 2 rings (SSSR count). The predicted octanol–water partition coefficient (Wildman–Crippen LogP) is 2.59. The van der Waals surface area contributed by atoms with Gasteiger partial charge in [-0.25, -0.2) is 0 Å². The highest BCUT2D eigenvalue weighted by Crippen LogP contribution is 2.20. The van der Waals surface area contributed by atoms with Crippen LogP contribution in [0.25, 0.3) is 0 Å². The zero-order valence-electron chi connectivity index (χ0n) is 17.8. The molecule has 0 bridgehead atoms. The van der Waals surface area contributed by atoms with Gasteiger partial charge in [-0.3, -0.25) is 14.7 Å². The van der Waals surface area contributed by atoms with Crippen molar-refractivity contribution in [3.8, 4) is 0 Å². The summed E-state index contributed by atoms with van der Waals surface area (Å²) in [6.45, 7) is 8.75. The Bertz CT molecular complexity index is 635. The van der Waals surface area contributed by atoms with Crippen molar-refractivity contribution in [1.29, 1.82) is 0 Å². The van der Waals surface area contributed by atoms with E-state index in [0.29, 0.717) is 18.6 Å². The molecule has 2 atom stereocenters. The Labute approximate surface area is 187 Å². The van der Waals surface area contributed by atoms with Gasteiger partial charge in [-0.05, 0) is 39.2 Å². The lowest BCUT2D eigenvalue weighted by atomic mass is 9.92. The van der Waals surface area contributed by atoms with Crippen LogP contribution in [0, 0.1) is 5.41 Å². The fourth-order valence-corrected chi connectivity index (χ4v) is 3.52. The number of piperidine rings is 1. The smallest absolute Gasteiger partial charge is 0.227 e. The summed E-state index contributed by atoms with van der Waals surface area (Å²) in [5, 5.41) is 9.55. The highest BCUT2D eigenvalue weighted by Gasteiger charge is 2.28. The van der Waals surface area contributed by atoms with Crippen LogP contribution in [0.1, 0.15) is 39.2 Å². The molecule has 1 amide bonds. The summed E-state index contributed by atoms with van der Waals surface area (Å²) < 4.78 is 0. The average molecular weight is 501 g/mol. The molecule has 2 unspecified atom stereocenters. The Kier molecular flexibility index (Phi) is 10.2. The van der Waals surface area contributed by atoms with E-state index in [1.165, 1.54) is 5.56 Å². The largest absolute Gasteiger partial charge is 0.359 e. The van der Waals surface area contributed by atoms with E-state index < -0.39 is 5.41 Å². The lowest BCUT2D eigenvalue weighted by Crippen LogP contribution is -2.53. The van der Waals surface area contributed by atoms with Crippen LogP contribution in [0.2, 0.25) is 0 Å². The Hall–Kier alpha value is -1.35. The normalized spacial score (nSPS) is 20.8. The first kappa shape index (κ1) is 24.7. The van der Waals surface area contributed by atoms with E-state index in [2.05, 4.69) is 63.1 Å². The Balaban J connectivity index is 0.00000392. The van der Waals surface area contributed by atoms with Crippen LogP contribution in [0.4, 0.5) is 0 Å². The molecule has 1 heterocycles. The van der Waals surface area contributed by atoms with E-state index in [9.17, 15) is 4.79 Å². The van der Waals surface area contributed by atoms with Gasteiger partial charge in [0.2, 0.25) is 5.91 Å². The third-order valence-electron chi connectivity index (χ3n) is 5.35. The van der Waals surface area contributed by atoms with Crippen molar-refractivity contribution >= 4 is 35.8 Å². The molecule has 6 nitrogen and oxygen atoms in total. The zero-order chi connectivity index (χ0) is 19.9. The second-order valence-electron chi connectivity index (χ2n) is 8.06. The number of amides is 1. The molecule has 0 radical (unpaired) electrons. The van der Waals surface area contributed by atoms with Crippen LogP contribution in [-0.4, -0.2) is 56.0 Å². The second-order valence-corrected chi connectivity index (χ2v) is 8.06. The number of nitrogens with one attached hydrogen (secondary N) is 3. The molecule has 1 aromatic rings. The number of nitrogens with zero attached hydrogens (tertiary/aromatic N) is 2. The van der Waals surface area contributed by atoms with Crippen LogP contribution in [0.15, 0.2) is 35.3 Å². The molecular formula is C21H36IN5O. The highest BCUT2D eigenvalue weighted by atomic mass is 127. The van der Waals surface area contributed by atoms with Crippen LogP contribution >= 0.6 is 24.0 Å². The van der Waals surface area contributed by atoms with Crippen LogP contribution in [0.5, 0.6) is 0 Å². The lowest BCUT2D eigenvalue weighted by Gasteiger charge is -2.38. The van der Waals surface area contributed by atoms with Crippen molar-refractivity contribution in [3.05, 3.63) is 35.9 Å². The standard InChI is InChI=1S/C21H35N5O.HI/c1-16-13-18(11-12-26(16)14-17-9-7-6-8-10-17)25-20(23-5)24-15-21(2,3)19(27)22-4;/h6-10,16,18H,11-15H2,1-5H3,(H,22,27)(H2,23,24,25);1H. The molecule has 158 valence electrons. The van der Waals surface area contributed by atoms with Gasteiger partial charge in [-0.15, -0.1) is 24.0 Å². The summed E-state index contributed by atoms with van der Waals surface area (Å²) in [6, 6.07) is 11.5. The molecule has 3 N–H and O–H groups in total. The van der Waals surface area contributed by atoms with Gasteiger partial charge < -0.3 is 16.0 Å². The van der Waals surface area contributed by atoms with Crippen molar-refractivity contribution in [3.63, 3.8) is 0 Å². The molecule has 0 aromatic heterocycles. The molecule has 1 fully saturated rings. The maximum absolute atomic E-state index is 11.9. The summed E-state index contributed by atoms with van der Waals surface area (Å²) in [6.07, 6.45) is 2.16. The summed E-state index contributed by atoms with van der Waals surface area (Å²) >= 11 is 0. The summed E-state index contributed by atoms with van der Waals surface area (Å²) in [4.78, 5) is 18.8. The molecular weight excluding hydrogens is 465 g/mol. The molecule has 1 aliphatic rings. The van der Waals surface area contributed by atoms with Gasteiger partial charge in [0.15, 0.2) is 5.96 Å². The Morgan fingerprint density at radius 3 is 2.54 bits per heavy atom. The number of halogens is 1. The Morgan fingerprint density at radius 2 is 1.96 bits per heavy atom. The number of guanidine groups is 1. The molecule has 1 aliphatic heterocycles. The minimum Gasteiger partial charge on any atom is -0.359 e. The number of hydrogen-bond acceptors (Lipinski definition) is 3. The Morgan fingerprint density at radius 1 is 1.29 bits per heavy atom. The fourth-order valence-electron chi connectivity index (χ4n) is 3.52. The van der Waals surface area contributed by atoms with Gasteiger partial charge >= 0.3 is 0 Å². The number of carbonyl (C=O) groups excluding carboxylic acids is 1. The highest BCUT2D eigenvalue weighted by molar-refractivity contribution is 14.0. The first-order valence-corrected chi connectivity index (χ1v) is 9.83. The van der Waals surface area contributed by atoms with Gasteiger partial charge in [0.1, 0.15) is 0 Å². The van der Waals surface area contributed by atoms with E-state index in [-0.39, 0.29) is 29.9 Å². The number of carbonyl (C=O) groups is 1. The third-order valence-corrected chi connectivity index (χ3v) is 5.35. The van der Waals surface area contributed by atoms with Gasteiger partial charge in [0.25, 0.3) is 0 Å². The van der Waals surface area contributed by atoms with Crippen molar-refractivity contribution in [2.45, 2.75) is 52.2 Å². The van der Waals surface area contributed by atoms with E-state index in [1.807, 2.05) is 13.8 Å². The predicted molar refractivity (Wildman–Crippen MR) is 127 cm³/mol. The van der Waals surface area contributed by atoms with Crippen LogP contribution < -0.4 is 16.0 Å². The molecule has 1 aromatic carbocycles. The van der Waals surface area contributed by atoms with Crippen molar-refractivity contribution in [2.24, 2.45) is 10.4 Å². The van der Waals surface area contributed by atoms with Gasteiger partial charge in [0.05, 0.1) is 5.41 Å². The summed E-state index contributed by atoms with van der Waals surface area (Å²) in [5.74, 6) is 0.786. The zero-order valence-corrected chi connectivity index (χ0v) is 20.1. The van der Waals surface area contributed by atoms with Crippen LogP contribution in [0.3, 0.4) is 0 Å². The van der Waals surface area contributed by atoms with Gasteiger partial charge in [-0.2, -0.15) is 0 Å². The number of rotatable bonds is 6. The second kappa shape index (κ2) is 11.6. The first-order valence-electron chi connectivity index (χ1n) is 9.83. The first-order chi connectivity index (χ1) is 12.9. The molecule has 1 saturated heterocycles. The van der Waals surface area contributed by atoms with E-state index >= 15 is 0 Å². The molecule has 0 spiro atoms. The van der Waals surface area contributed by atoms with Gasteiger partial charge in [-0.1, -0.05) is 30.3 Å². The van der Waals surface area contributed by atoms with Crippen LogP contribution in [-0.2, 0) is 11.3 Å². The average Bonchev–Trinajstić information content (AvgIpc) is 2.67. The minimum absolute atomic E-state index is 0.